The van der Waals surface area contributed by atoms with Crippen molar-refractivity contribution in [2.45, 2.75) is 84.8 Å². The summed E-state index contributed by atoms with van der Waals surface area (Å²) in [6.45, 7) is 15.0. The second-order valence-electron chi connectivity index (χ2n) is 9.37. The van der Waals surface area contributed by atoms with Gasteiger partial charge in [0, 0.05) is 0 Å². The third-order valence-electron chi connectivity index (χ3n) is 6.91. The average molecular weight is 335 g/mol. The van der Waals surface area contributed by atoms with Crippen LogP contribution in [0.25, 0.3) is 0 Å². The molecule has 2 nitrogen and oxygen atoms in total. The lowest BCUT2D eigenvalue weighted by Gasteiger charge is -2.50. The number of hydrogen-bond acceptors (Lipinski definition) is 2. The van der Waals surface area contributed by atoms with Gasteiger partial charge in [-0.3, -0.25) is 0 Å². The summed E-state index contributed by atoms with van der Waals surface area (Å²) in [7, 11) is 0. The molecule has 0 saturated heterocycles. The third kappa shape index (κ3) is 3.80. The van der Waals surface area contributed by atoms with Crippen molar-refractivity contribution in [2.75, 3.05) is 0 Å². The van der Waals surface area contributed by atoms with Crippen LogP contribution in [0.15, 0.2) is 24.3 Å². The minimum atomic E-state index is -0.652. The van der Waals surface area contributed by atoms with Crippen LogP contribution in [0.4, 0.5) is 0 Å². The van der Waals surface area contributed by atoms with E-state index in [1.807, 2.05) is 6.92 Å². The SMILES string of the molecule is C=C(C)CC(C1(O)CCCC1)C(C)(C)C(O)C1C(C)C=CCC1C. The predicted octanol–water partition coefficient (Wildman–Crippen LogP) is 5.11. The Kier molecular flexibility index (Phi) is 6.03. The molecule has 0 aliphatic heterocycles. The lowest BCUT2D eigenvalue weighted by molar-refractivity contribution is -0.129. The van der Waals surface area contributed by atoms with Gasteiger partial charge in [-0.1, -0.05) is 58.3 Å². The van der Waals surface area contributed by atoms with E-state index >= 15 is 0 Å². The summed E-state index contributed by atoms with van der Waals surface area (Å²) in [4.78, 5) is 0. The first-order valence-electron chi connectivity index (χ1n) is 9.81. The van der Waals surface area contributed by atoms with Crippen molar-refractivity contribution in [1.29, 1.82) is 0 Å². The summed E-state index contributed by atoms with van der Waals surface area (Å²) in [6, 6.07) is 0. The normalized spacial score (nSPS) is 32.5. The van der Waals surface area contributed by atoms with Crippen molar-refractivity contribution in [3.05, 3.63) is 24.3 Å². The largest absolute Gasteiger partial charge is 0.392 e. The zero-order chi connectivity index (χ0) is 18.1. The Balaban J connectivity index is 2.32. The molecule has 1 fully saturated rings. The van der Waals surface area contributed by atoms with Gasteiger partial charge in [0.25, 0.3) is 0 Å². The van der Waals surface area contributed by atoms with Crippen LogP contribution in [-0.2, 0) is 0 Å². The van der Waals surface area contributed by atoms with Gasteiger partial charge in [0.1, 0.15) is 0 Å². The molecule has 1 saturated carbocycles. The Labute approximate surface area is 149 Å². The highest BCUT2D eigenvalue weighted by atomic mass is 16.3. The van der Waals surface area contributed by atoms with Crippen molar-refractivity contribution < 1.29 is 10.2 Å². The molecule has 2 heteroatoms. The Morgan fingerprint density at radius 1 is 1.29 bits per heavy atom. The fourth-order valence-electron chi connectivity index (χ4n) is 5.44. The molecule has 2 N–H and O–H groups in total. The fourth-order valence-corrected chi connectivity index (χ4v) is 5.44. The molecule has 2 aliphatic rings. The lowest BCUT2D eigenvalue weighted by atomic mass is 9.58. The molecule has 5 atom stereocenters. The predicted molar refractivity (Wildman–Crippen MR) is 102 cm³/mol. The molecule has 0 heterocycles. The molecule has 0 spiro atoms. The van der Waals surface area contributed by atoms with Gasteiger partial charge in [0.15, 0.2) is 0 Å². The van der Waals surface area contributed by atoms with Gasteiger partial charge in [-0.05, 0) is 61.7 Å². The second kappa shape index (κ2) is 7.33. The van der Waals surface area contributed by atoms with Gasteiger partial charge in [-0.25, -0.2) is 0 Å². The zero-order valence-electron chi connectivity index (χ0n) is 16.4. The Morgan fingerprint density at radius 3 is 2.38 bits per heavy atom. The van der Waals surface area contributed by atoms with Crippen molar-refractivity contribution >= 4 is 0 Å². The second-order valence-corrected chi connectivity index (χ2v) is 9.37. The van der Waals surface area contributed by atoms with Gasteiger partial charge in [0.05, 0.1) is 11.7 Å². The molecular formula is C22H38O2. The first kappa shape index (κ1) is 19.7. The van der Waals surface area contributed by atoms with E-state index in [-0.39, 0.29) is 17.3 Å². The van der Waals surface area contributed by atoms with E-state index in [4.69, 9.17) is 0 Å². The number of hydrogen-bond donors (Lipinski definition) is 2. The summed E-state index contributed by atoms with van der Waals surface area (Å²) in [6.07, 6.45) is 9.82. The molecule has 0 aromatic carbocycles. The van der Waals surface area contributed by atoms with E-state index in [0.29, 0.717) is 11.8 Å². The van der Waals surface area contributed by atoms with Crippen LogP contribution in [0.5, 0.6) is 0 Å². The molecule has 2 rings (SSSR count). The summed E-state index contributed by atoms with van der Waals surface area (Å²) in [5.41, 5.74) is 0.113. The molecule has 2 aliphatic carbocycles. The van der Waals surface area contributed by atoms with Crippen molar-refractivity contribution in [2.24, 2.45) is 29.1 Å². The Morgan fingerprint density at radius 2 is 1.88 bits per heavy atom. The fraction of sp³-hybridized carbons (Fsp3) is 0.818. The maximum Gasteiger partial charge on any atom is 0.0685 e. The van der Waals surface area contributed by atoms with E-state index in [1.165, 1.54) is 0 Å². The maximum atomic E-state index is 11.4. The smallest absolute Gasteiger partial charge is 0.0685 e. The summed E-state index contributed by atoms with van der Waals surface area (Å²) in [5.74, 6) is 1.17. The molecule has 24 heavy (non-hydrogen) atoms. The van der Waals surface area contributed by atoms with Crippen LogP contribution in [0, 0.1) is 29.1 Å². The summed E-state index contributed by atoms with van der Waals surface area (Å²) >= 11 is 0. The number of aliphatic hydroxyl groups is 2. The number of allylic oxidation sites excluding steroid dienone is 3. The zero-order valence-corrected chi connectivity index (χ0v) is 16.4. The molecule has 5 unspecified atom stereocenters. The van der Waals surface area contributed by atoms with Crippen LogP contribution < -0.4 is 0 Å². The topological polar surface area (TPSA) is 40.5 Å². The molecule has 0 amide bonds. The van der Waals surface area contributed by atoms with E-state index in [1.54, 1.807) is 0 Å². The standard InChI is InChI=1S/C22H38O2/c1-15(2)14-18(22(24)12-7-8-13-22)21(5,6)20(23)19-16(3)10-9-11-17(19)4/h9-10,16-20,23-24H,1,7-8,11-14H2,2-6H3. The first-order chi connectivity index (χ1) is 11.1. The van der Waals surface area contributed by atoms with E-state index < -0.39 is 11.7 Å². The van der Waals surface area contributed by atoms with Crippen LogP contribution in [0.1, 0.15) is 73.1 Å². The van der Waals surface area contributed by atoms with E-state index in [0.717, 1.165) is 44.1 Å². The number of aliphatic hydroxyl groups excluding tert-OH is 1. The molecule has 138 valence electrons. The van der Waals surface area contributed by atoms with Gasteiger partial charge in [-0.15, -0.1) is 6.58 Å². The van der Waals surface area contributed by atoms with E-state index in [9.17, 15) is 10.2 Å². The van der Waals surface area contributed by atoms with Crippen LogP contribution in [0.3, 0.4) is 0 Å². The molecule has 0 aromatic rings. The minimum Gasteiger partial charge on any atom is -0.392 e. The molecule has 0 aromatic heterocycles. The van der Waals surface area contributed by atoms with Crippen LogP contribution in [-0.4, -0.2) is 21.9 Å². The van der Waals surface area contributed by atoms with Gasteiger partial charge >= 0.3 is 0 Å². The quantitative estimate of drug-likeness (QED) is 0.663. The van der Waals surface area contributed by atoms with Crippen LogP contribution >= 0.6 is 0 Å². The first-order valence-corrected chi connectivity index (χ1v) is 9.81. The summed E-state index contributed by atoms with van der Waals surface area (Å²) in [5, 5.41) is 22.8. The highest BCUT2D eigenvalue weighted by molar-refractivity contribution is 5.09. The molecule has 0 bridgehead atoms. The van der Waals surface area contributed by atoms with E-state index in [2.05, 4.69) is 46.4 Å². The monoisotopic (exact) mass is 334 g/mol. The number of rotatable bonds is 6. The Bertz CT molecular complexity index is 470. The Hall–Kier alpha value is -0.600. The van der Waals surface area contributed by atoms with Crippen molar-refractivity contribution in [1.82, 2.24) is 0 Å². The third-order valence-corrected chi connectivity index (χ3v) is 6.91. The molecular weight excluding hydrogens is 296 g/mol. The highest BCUT2D eigenvalue weighted by Crippen LogP contribution is 2.51. The lowest BCUT2D eigenvalue weighted by Crippen LogP contribution is -2.53. The molecule has 0 radical (unpaired) electrons. The van der Waals surface area contributed by atoms with Crippen molar-refractivity contribution in [3.63, 3.8) is 0 Å². The summed E-state index contributed by atoms with van der Waals surface area (Å²) < 4.78 is 0. The van der Waals surface area contributed by atoms with Crippen molar-refractivity contribution in [3.8, 4) is 0 Å². The highest BCUT2D eigenvalue weighted by Gasteiger charge is 2.52. The minimum absolute atomic E-state index is 0.0605. The van der Waals surface area contributed by atoms with Gasteiger partial charge in [0.2, 0.25) is 0 Å². The van der Waals surface area contributed by atoms with Gasteiger partial charge in [-0.2, -0.15) is 0 Å². The maximum absolute atomic E-state index is 11.4. The average Bonchev–Trinajstić information content (AvgIpc) is 2.91. The van der Waals surface area contributed by atoms with Crippen LogP contribution in [0.2, 0.25) is 0 Å². The van der Waals surface area contributed by atoms with Gasteiger partial charge < -0.3 is 10.2 Å².